The fourth-order valence-corrected chi connectivity index (χ4v) is 2.18. The molecule has 0 saturated carbocycles. The van der Waals surface area contributed by atoms with Crippen molar-refractivity contribution in [2.24, 2.45) is 0 Å². The predicted octanol–water partition coefficient (Wildman–Crippen LogP) is 4.22. The number of alkyl halides is 2. The average Bonchev–Trinajstić information content (AvgIpc) is 2.16. The van der Waals surface area contributed by atoms with Crippen LogP contribution in [0.4, 0.5) is 0 Å². The first-order chi connectivity index (χ1) is 6.27. The first kappa shape index (κ1) is 11.3. The van der Waals surface area contributed by atoms with Gasteiger partial charge in [0.1, 0.15) is 0 Å². The van der Waals surface area contributed by atoms with Crippen molar-refractivity contribution in [2.45, 2.75) is 25.1 Å². The van der Waals surface area contributed by atoms with Crippen LogP contribution in [0.5, 0.6) is 0 Å². The van der Waals surface area contributed by atoms with Crippen molar-refractivity contribution >= 4 is 31.9 Å². The maximum atomic E-state index is 3.52. The van der Waals surface area contributed by atoms with Crippen LogP contribution in [-0.4, -0.2) is 5.33 Å². The second kappa shape index (κ2) is 5.82. The predicted molar refractivity (Wildman–Crippen MR) is 65.9 cm³/mol. The molecular weight excluding hydrogens is 292 g/mol. The van der Waals surface area contributed by atoms with Gasteiger partial charge in [0, 0.05) is 10.7 Å². The van der Waals surface area contributed by atoms with Crippen LogP contribution in [0.1, 0.15) is 23.1 Å². The lowest BCUT2D eigenvalue weighted by Crippen LogP contribution is -1.93. The topological polar surface area (TPSA) is 0 Å². The number of hydrogen-bond acceptors (Lipinski definition) is 0. The minimum atomic E-state index is 0.965. The van der Waals surface area contributed by atoms with E-state index in [0.29, 0.717) is 0 Å². The summed E-state index contributed by atoms with van der Waals surface area (Å²) in [6.07, 6.45) is 2.38. The quantitative estimate of drug-likeness (QED) is 0.731. The van der Waals surface area contributed by atoms with Crippen LogP contribution >= 0.6 is 31.9 Å². The molecule has 0 heterocycles. The SMILES string of the molecule is Cc1ccc(CCCBr)c(CBr)c1. The van der Waals surface area contributed by atoms with Gasteiger partial charge in [-0.1, -0.05) is 55.6 Å². The van der Waals surface area contributed by atoms with E-state index in [4.69, 9.17) is 0 Å². The summed E-state index contributed by atoms with van der Waals surface area (Å²) in [7, 11) is 0. The number of benzene rings is 1. The molecule has 0 spiro atoms. The zero-order valence-electron chi connectivity index (χ0n) is 7.82. The molecule has 0 amide bonds. The summed E-state index contributed by atoms with van der Waals surface area (Å²) in [6, 6.07) is 6.70. The molecule has 13 heavy (non-hydrogen) atoms. The molecular formula is C11H14Br2. The van der Waals surface area contributed by atoms with Gasteiger partial charge in [0.15, 0.2) is 0 Å². The third-order valence-corrected chi connectivity index (χ3v) is 3.25. The first-order valence-electron chi connectivity index (χ1n) is 4.48. The molecule has 0 nitrogen and oxygen atoms in total. The second-order valence-corrected chi connectivity index (χ2v) is 4.55. The second-order valence-electron chi connectivity index (χ2n) is 3.20. The van der Waals surface area contributed by atoms with Crippen molar-refractivity contribution in [3.63, 3.8) is 0 Å². The summed E-state index contributed by atoms with van der Waals surface area (Å²) in [4.78, 5) is 0. The Balaban J connectivity index is 2.79. The highest BCUT2D eigenvalue weighted by atomic mass is 79.9. The minimum Gasteiger partial charge on any atom is -0.0928 e. The molecule has 0 aromatic heterocycles. The largest absolute Gasteiger partial charge is 0.0928 e. The van der Waals surface area contributed by atoms with Gasteiger partial charge in [-0.2, -0.15) is 0 Å². The van der Waals surface area contributed by atoms with Crippen LogP contribution in [0, 0.1) is 6.92 Å². The molecule has 0 saturated heterocycles. The van der Waals surface area contributed by atoms with Gasteiger partial charge in [-0.3, -0.25) is 0 Å². The van der Waals surface area contributed by atoms with E-state index in [0.717, 1.165) is 10.7 Å². The number of halogens is 2. The Labute approximate surface area is 97.0 Å². The van der Waals surface area contributed by atoms with Crippen LogP contribution < -0.4 is 0 Å². The van der Waals surface area contributed by atoms with Crippen LogP contribution in [0.15, 0.2) is 18.2 Å². The van der Waals surface area contributed by atoms with Crippen molar-refractivity contribution in [1.82, 2.24) is 0 Å². The Bertz CT molecular complexity index is 269. The Hall–Kier alpha value is 0.180. The van der Waals surface area contributed by atoms with E-state index < -0.39 is 0 Å². The highest BCUT2D eigenvalue weighted by molar-refractivity contribution is 9.09. The van der Waals surface area contributed by atoms with E-state index in [9.17, 15) is 0 Å². The Morgan fingerprint density at radius 1 is 1.15 bits per heavy atom. The molecule has 0 N–H and O–H groups in total. The molecule has 0 fully saturated rings. The summed E-state index contributed by atoms with van der Waals surface area (Å²) < 4.78 is 0. The fourth-order valence-electron chi connectivity index (χ4n) is 1.38. The molecule has 0 atom stereocenters. The van der Waals surface area contributed by atoms with Gasteiger partial charge in [-0.25, -0.2) is 0 Å². The molecule has 0 aliphatic heterocycles. The van der Waals surface area contributed by atoms with Crippen LogP contribution in [0.3, 0.4) is 0 Å². The lowest BCUT2D eigenvalue weighted by atomic mass is 10.0. The third kappa shape index (κ3) is 3.43. The Morgan fingerprint density at radius 3 is 2.54 bits per heavy atom. The van der Waals surface area contributed by atoms with Gasteiger partial charge < -0.3 is 0 Å². The summed E-state index contributed by atoms with van der Waals surface area (Å²) in [5.41, 5.74) is 4.25. The molecule has 72 valence electrons. The maximum absolute atomic E-state index is 3.52. The molecule has 1 aromatic carbocycles. The Morgan fingerprint density at radius 2 is 1.92 bits per heavy atom. The zero-order chi connectivity index (χ0) is 9.68. The molecule has 0 radical (unpaired) electrons. The van der Waals surface area contributed by atoms with Gasteiger partial charge in [0.05, 0.1) is 0 Å². The molecule has 2 heteroatoms. The molecule has 0 bridgehead atoms. The van der Waals surface area contributed by atoms with E-state index in [1.54, 1.807) is 0 Å². The van der Waals surface area contributed by atoms with Crippen molar-refractivity contribution in [2.75, 3.05) is 5.33 Å². The van der Waals surface area contributed by atoms with Crippen molar-refractivity contribution < 1.29 is 0 Å². The van der Waals surface area contributed by atoms with E-state index >= 15 is 0 Å². The summed E-state index contributed by atoms with van der Waals surface area (Å²) in [6.45, 7) is 2.14. The van der Waals surface area contributed by atoms with Crippen molar-refractivity contribution in [3.8, 4) is 0 Å². The van der Waals surface area contributed by atoms with Crippen LogP contribution in [0.25, 0.3) is 0 Å². The van der Waals surface area contributed by atoms with Gasteiger partial charge in [-0.15, -0.1) is 0 Å². The van der Waals surface area contributed by atoms with Crippen LogP contribution in [-0.2, 0) is 11.8 Å². The monoisotopic (exact) mass is 304 g/mol. The fraction of sp³-hybridized carbons (Fsp3) is 0.455. The molecule has 0 unspecified atom stereocenters. The highest BCUT2D eigenvalue weighted by Crippen LogP contribution is 2.16. The van der Waals surface area contributed by atoms with Gasteiger partial charge >= 0.3 is 0 Å². The molecule has 0 aliphatic carbocycles. The third-order valence-electron chi connectivity index (χ3n) is 2.09. The van der Waals surface area contributed by atoms with Crippen molar-refractivity contribution in [1.29, 1.82) is 0 Å². The number of hydrogen-bond donors (Lipinski definition) is 0. The van der Waals surface area contributed by atoms with Crippen LogP contribution in [0.2, 0.25) is 0 Å². The number of aryl methyl sites for hydroxylation is 2. The molecule has 0 aliphatic rings. The Kier molecular flexibility index (Phi) is 5.04. The molecule has 1 aromatic rings. The normalized spacial score (nSPS) is 10.4. The van der Waals surface area contributed by atoms with E-state index in [1.165, 1.54) is 29.5 Å². The van der Waals surface area contributed by atoms with E-state index in [-0.39, 0.29) is 0 Å². The summed E-state index contributed by atoms with van der Waals surface area (Å²) >= 11 is 6.98. The van der Waals surface area contributed by atoms with E-state index in [2.05, 4.69) is 57.0 Å². The zero-order valence-corrected chi connectivity index (χ0v) is 11.0. The van der Waals surface area contributed by atoms with Crippen molar-refractivity contribution in [3.05, 3.63) is 34.9 Å². The highest BCUT2D eigenvalue weighted by Gasteiger charge is 2.00. The van der Waals surface area contributed by atoms with Gasteiger partial charge in [0.25, 0.3) is 0 Å². The van der Waals surface area contributed by atoms with E-state index in [1.807, 2.05) is 0 Å². The maximum Gasteiger partial charge on any atom is 0.0285 e. The standard InChI is InChI=1S/C11H14Br2/c1-9-4-5-10(3-2-6-12)11(7-9)8-13/h4-5,7H,2-3,6,8H2,1H3. The summed E-state index contributed by atoms with van der Waals surface area (Å²) in [5.74, 6) is 0. The average molecular weight is 306 g/mol. The van der Waals surface area contributed by atoms with Gasteiger partial charge in [-0.05, 0) is 30.9 Å². The lowest BCUT2D eigenvalue weighted by Gasteiger charge is -2.07. The lowest BCUT2D eigenvalue weighted by molar-refractivity contribution is 0.927. The van der Waals surface area contributed by atoms with Gasteiger partial charge in [0.2, 0.25) is 0 Å². The number of rotatable bonds is 4. The smallest absolute Gasteiger partial charge is 0.0285 e. The molecule has 1 rings (SSSR count). The minimum absolute atomic E-state index is 0.965. The first-order valence-corrected chi connectivity index (χ1v) is 6.72. The summed E-state index contributed by atoms with van der Waals surface area (Å²) in [5, 5.41) is 2.05.